The summed E-state index contributed by atoms with van der Waals surface area (Å²) in [6.07, 6.45) is 2.12. The van der Waals surface area contributed by atoms with Crippen LogP contribution in [-0.2, 0) is 11.2 Å². The molecule has 39 heavy (non-hydrogen) atoms. The zero-order valence-corrected chi connectivity index (χ0v) is 22.3. The number of fused-ring (bicyclic) bond motifs is 1. The lowest BCUT2D eigenvalue weighted by atomic mass is 10.0. The van der Waals surface area contributed by atoms with E-state index in [1.165, 1.54) is 19.1 Å². The third-order valence-corrected chi connectivity index (χ3v) is 6.97. The Bertz CT molecular complexity index is 1340. The van der Waals surface area contributed by atoms with Crippen LogP contribution in [0.3, 0.4) is 0 Å². The number of halogens is 2. The highest BCUT2D eigenvalue weighted by atomic mass is 19.1. The molecule has 2 aliphatic rings. The second-order valence-electron chi connectivity index (χ2n) is 10.2. The number of benzene rings is 1. The number of H-pyrrole nitrogens is 1. The molecule has 3 aromatic rings. The van der Waals surface area contributed by atoms with Gasteiger partial charge in [0.15, 0.2) is 11.6 Å². The van der Waals surface area contributed by atoms with Crippen LogP contribution in [0.5, 0.6) is 11.5 Å². The molecule has 0 saturated carbocycles. The van der Waals surface area contributed by atoms with Crippen LogP contribution in [0.1, 0.15) is 36.8 Å². The van der Waals surface area contributed by atoms with Crippen molar-refractivity contribution in [2.45, 2.75) is 39.1 Å². The van der Waals surface area contributed by atoms with Gasteiger partial charge < -0.3 is 29.8 Å². The van der Waals surface area contributed by atoms with Gasteiger partial charge in [0.1, 0.15) is 12.4 Å². The van der Waals surface area contributed by atoms with Crippen LogP contribution in [0.2, 0.25) is 0 Å². The smallest absolute Gasteiger partial charge is 0.255 e. The number of aromatic amines is 1. The van der Waals surface area contributed by atoms with Crippen LogP contribution in [0.4, 0.5) is 20.2 Å². The van der Waals surface area contributed by atoms with Gasteiger partial charge in [-0.15, -0.1) is 0 Å². The standard InChI is InChI=1S/C28H33F2N5O4/c1-17(29)39-26-19(30)5-4-6-21(26)34-25-23-20(8-10-32-27(23)36)33-24(25)18-7-9-31-15-22(18)38-16-28(2,3)35-11-13-37-14-12-35/h4-7,9,15,17,33-34H,8,10-14,16H2,1-3H3,(H,32,36). The third kappa shape index (κ3) is 5.69. The van der Waals surface area contributed by atoms with Crippen molar-refractivity contribution >= 4 is 17.3 Å². The minimum atomic E-state index is -1.74. The van der Waals surface area contributed by atoms with Gasteiger partial charge in [-0.2, -0.15) is 0 Å². The van der Waals surface area contributed by atoms with Crippen molar-refractivity contribution < 1.29 is 27.8 Å². The Morgan fingerprint density at radius 3 is 2.82 bits per heavy atom. The fraction of sp³-hybridized carbons (Fsp3) is 0.429. The predicted molar refractivity (Wildman–Crippen MR) is 143 cm³/mol. The fourth-order valence-electron chi connectivity index (χ4n) is 4.95. The van der Waals surface area contributed by atoms with E-state index in [1.807, 2.05) is 0 Å². The van der Waals surface area contributed by atoms with E-state index in [-0.39, 0.29) is 22.9 Å². The molecule has 0 bridgehead atoms. The van der Waals surface area contributed by atoms with Gasteiger partial charge in [-0.3, -0.25) is 14.7 Å². The average Bonchev–Trinajstić information content (AvgIpc) is 3.29. The zero-order chi connectivity index (χ0) is 27.6. The summed E-state index contributed by atoms with van der Waals surface area (Å²) in [6, 6.07) is 6.04. The zero-order valence-electron chi connectivity index (χ0n) is 22.3. The van der Waals surface area contributed by atoms with Gasteiger partial charge in [0, 0.05) is 56.0 Å². The molecule has 5 rings (SSSR count). The molecule has 1 fully saturated rings. The van der Waals surface area contributed by atoms with Crippen LogP contribution >= 0.6 is 0 Å². The lowest BCUT2D eigenvalue weighted by Crippen LogP contribution is -2.53. The summed E-state index contributed by atoms with van der Waals surface area (Å²) in [4.78, 5) is 23.0. The van der Waals surface area contributed by atoms with E-state index >= 15 is 0 Å². The Morgan fingerprint density at radius 1 is 1.26 bits per heavy atom. The Hall–Kier alpha value is -3.70. The van der Waals surface area contributed by atoms with E-state index in [0.29, 0.717) is 61.0 Å². The first-order valence-corrected chi connectivity index (χ1v) is 13.0. The van der Waals surface area contributed by atoms with Crippen molar-refractivity contribution in [1.82, 2.24) is 20.2 Å². The lowest BCUT2D eigenvalue weighted by Gasteiger charge is -2.40. The van der Waals surface area contributed by atoms with Gasteiger partial charge in [0.25, 0.3) is 5.91 Å². The number of para-hydroxylation sites is 1. The second-order valence-corrected chi connectivity index (χ2v) is 10.2. The molecule has 1 saturated heterocycles. The number of anilines is 2. The van der Waals surface area contributed by atoms with Gasteiger partial charge in [-0.25, -0.2) is 8.78 Å². The number of aromatic nitrogens is 2. The van der Waals surface area contributed by atoms with Crippen molar-refractivity contribution in [2.24, 2.45) is 0 Å². The highest BCUT2D eigenvalue weighted by molar-refractivity contribution is 6.06. The molecule has 208 valence electrons. The average molecular weight is 542 g/mol. The number of pyridine rings is 1. The number of alkyl halides is 1. The monoisotopic (exact) mass is 541 g/mol. The summed E-state index contributed by atoms with van der Waals surface area (Å²) < 4.78 is 45.4. The molecule has 4 heterocycles. The number of amides is 1. The highest BCUT2D eigenvalue weighted by Gasteiger charge is 2.31. The molecule has 0 radical (unpaired) electrons. The van der Waals surface area contributed by atoms with Gasteiger partial charge in [-0.1, -0.05) is 6.07 Å². The van der Waals surface area contributed by atoms with Gasteiger partial charge >= 0.3 is 0 Å². The van der Waals surface area contributed by atoms with E-state index in [2.05, 4.69) is 39.3 Å². The summed E-state index contributed by atoms with van der Waals surface area (Å²) >= 11 is 0. The Balaban J connectivity index is 1.53. The number of carbonyl (C=O) groups is 1. The Labute approximate surface area is 225 Å². The van der Waals surface area contributed by atoms with Crippen molar-refractivity contribution in [3.8, 4) is 22.8 Å². The molecule has 0 aliphatic carbocycles. The number of nitrogens with one attached hydrogen (secondary N) is 3. The molecule has 1 unspecified atom stereocenters. The molecular formula is C28H33F2N5O4. The van der Waals surface area contributed by atoms with E-state index in [4.69, 9.17) is 14.2 Å². The molecule has 1 aromatic carbocycles. The second kappa shape index (κ2) is 11.2. The first-order chi connectivity index (χ1) is 18.7. The summed E-state index contributed by atoms with van der Waals surface area (Å²) in [5.41, 5.74) is 2.71. The van der Waals surface area contributed by atoms with Crippen molar-refractivity contribution in [1.29, 1.82) is 0 Å². The van der Waals surface area contributed by atoms with E-state index in [1.54, 1.807) is 24.5 Å². The molecule has 1 amide bonds. The number of hydrogen-bond acceptors (Lipinski definition) is 7. The Morgan fingerprint density at radius 2 is 2.05 bits per heavy atom. The number of nitrogens with zero attached hydrogens (tertiary/aromatic N) is 2. The number of carbonyl (C=O) groups excluding carboxylic acids is 1. The Kier molecular flexibility index (Phi) is 7.72. The number of ether oxygens (including phenoxy) is 3. The summed E-state index contributed by atoms with van der Waals surface area (Å²) in [5.74, 6) is -0.751. The molecule has 1 atom stereocenters. The van der Waals surface area contributed by atoms with Crippen LogP contribution in [0, 0.1) is 5.82 Å². The van der Waals surface area contributed by atoms with Crippen LogP contribution in [-0.4, -0.2) is 72.1 Å². The number of morpholine rings is 1. The molecule has 0 spiro atoms. The number of rotatable bonds is 9. The van der Waals surface area contributed by atoms with Gasteiger partial charge in [0.2, 0.25) is 6.36 Å². The summed E-state index contributed by atoms with van der Waals surface area (Å²) in [5, 5.41) is 6.01. The SMILES string of the molecule is CC(F)Oc1c(F)cccc1Nc1c(-c2ccncc2OCC(C)(C)N2CCOCC2)[nH]c2c1C(=O)NCC2. The molecule has 3 N–H and O–H groups in total. The third-order valence-electron chi connectivity index (χ3n) is 6.97. The first-order valence-electron chi connectivity index (χ1n) is 13.0. The lowest BCUT2D eigenvalue weighted by molar-refractivity contribution is -0.0250. The maximum atomic E-state index is 14.6. The number of hydrogen-bond donors (Lipinski definition) is 3. The molecule has 11 heteroatoms. The minimum Gasteiger partial charge on any atom is -0.489 e. The molecule has 2 aliphatic heterocycles. The molecular weight excluding hydrogens is 508 g/mol. The maximum absolute atomic E-state index is 14.6. The van der Waals surface area contributed by atoms with Crippen molar-refractivity contribution in [3.63, 3.8) is 0 Å². The molecule has 9 nitrogen and oxygen atoms in total. The fourth-order valence-corrected chi connectivity index (χ4v) is 4.95. The predicted octanol–water partition coefficient (Wildman–Crippen LogP) is 4.43. The summed E-state index contributed by atoms with van der Waals surface area (Å²) in [6.45, 7) is 9.28. The summed E-state index contributed by atoms with van der Waals surface area (Å²) in [7, 11) is 0. The van der Waals surface area contributed by atoms with E-state index in [9.17, 15) is 13.6 Å². The van der Waals surface area contributed by atoms with Gasteiger partial charge in [0.05, 0.1) is 42.0 Å². The normalized spacial score (nSPS) is 16.8. The van der Waals surface area contributed by atoms with Crippen molar-refractivity contribution in [3.05, 3.63) is 53.7 Å². The van der Waals surface area contributed by atoms with E-state index < -0.39 is 12.2 Å². The van der Waals surface area contributed by atoms with Crippen molar-refractivity contribution in [2.75, 3.05) is 44.8 Å². The van der Waals surface area contributed by atoms with Crippen LogP contribution < -0.4 is 20.1 Å². The maximum Gasteiger partial charge on any atom is 0.255 e. The van der Waals surface area contributed by atoms with Crippen LogP contribution in [0.15, 0.2) is 36.7 Å². The minimum absolute atomic E-state index is 0.186. The largest absolute Gasteiger partial charge is 0.489 e. The van der Waals surface area contributed by atoms with E-state index in [0.717, 1.165) is 18.8 Å². The van der Waals surface area contributed by atoms with Gasteiger partial charge in [-0.05, 0) is 32.0 Å². The van der Waals surface area contributed by atoms with Crippen LogP contribution in [0.25, 0.3) is 11.3 Å². The quantitative estimate of drug-likeness (QED) is 0.369. The highest BCUT2D eigenvalue weighted by Crippen LogP contribution is 2.42. The molecule has 2 aromatic heterocycles. The topological polar surface area (TPSA) is 101 Å². The first kappa shape index (κ1) is 26.9.